The Hall–Kier alpha value is -1.78. The van der Waals surface area contributed by atoms with Crippen molar-refractivity contribution in [2.24, 2.45) is 4.99 Å². The first-order valence-corrected chi connectivity index (χ1v) is 8.83. The summed E-state index contributed by atoms with van der Waals surface area (Å²) < 4.78 is 0. The number of hydrogen-bond donors (Lipinski definition) is 1. The molecule has 0 bridgehead atoms. The Bertz CT molecular complexity index is 750. The number of halogens is 2. The summed E-state index contributed by atoms with van der Waals surface area (Å²) in [4.78, 5) is 19.1. The molecule has 0 radical (unpaired) electrons. The van der Waals surface area contributed by atoms with Gasteiger partial charge in [-0.25, -0.2) is 4.99 Å². The van der Waals surface area contributed by atoms with E-state index in [4.69, 9.17) is 23.2 Å². The van der Waals surface area contributed by atoms with Crippen LogP contribution in [0.25, 0.3) is 0 Å². The van der Waals surface area contributed by atoms with E-state index < -0.39 is 0 Å². The van der Waals surface area contributed by atoms with Gasteiger partial charge in [-0.05, 0) is 49.1 Å². The third-order valence-corrected chi connectivity index (χ3v) is 4.91. The average Bonchev–Trinajstić information content (AvgIpc) is 2.72. The van der Waals surface area contributed by atoms with E-state index in [9.17, 15) is 4.79 Å². The first kappa shape index (κ1) is 17.1. The molecular formula is C18H19Cl2N3O. The van der Waals surface area contributed by atoms with Crippen molar-refractivity contribution in [3.8, 4) is 0 Å². The number of nitrogens with zero attached hydrogens (tertiary/aromatic N) is 2. The van der Waals surface area contributed by atoms with Crippen LogP contribution in [0.1, 0.15) is 33.1 Å². The maximum Gasteiger partial charge on any atom is 0.247 e. The molecule has 1 fully saturated rings. The SMILES string of the molecule is CCC1=C(Cl)N=C2C(=CC1)NC(=O)C(CC)N2c1ccc(Cl)cc1. The van der Waals surface area contributed by atoms with Gasteiger partial charge in [0.15, 0.2) is 5.84 Å². The fraction of sp³-hybridized carbons (Fsp3) is 0.333. The number of benzene rings is 1. The van der Waals surface area contributed by atoms with Gasteiger partial charge >= 0.3 is 0 Å². The summed E-state index contributed by atoms with van der Waals surface area (Å²) in [5.41, 5.74) is 2.64. The molecule has 1 N–H and O–H groups in total. The second-order valence-corrected chi connectivity index (χ2v) is 6.56. The Kier molecular flexibility index (Phi) is 4.97. The summed E-state index contributed by atoms with van der Waals surface area (Å²) in [5, 5.41) is 4.13. The van der Waals surface area contributed by atoms with Crippen LogP contribution in [-0.4, -0.2) is 17.8 Å². The van der Waals surface area contributed by atoms with Crippen LogP contribution >= 0.6 is 23.2 Å². The fourth-order valence-corrected chi connectivity index (χ4v) is 3.38. The molecule has 1 aromatic rings. The van der Waals surface area contributed by atoms with Gasteiger partial charge in [0.1, 0.15) is 11.2 Å². The van der Waals surface area contributed by atoms with Gasteiger partial charge in [-0.1, -0.05) is 43.1 Å². The molecule has 6 heteroatoms. The minimum atomic E-state index is -0.338. The zero-order chi connectivity index (χ0) is 17.3. The van der Waals surface area contributed by atoms with Crippen LogP contribution in [0, 0.1) is 0 Å². The number of anilines is 1. The van der Waals surface area contributed by atoms with Crippen LogP contribution in [0.15, 0.2) is 51.8 Å². The summed E-state index contributed by atoms with van der Waals surface area (Å²) in [6, 6.07) is 7.08. The number of amides is 1. The van der Waals surface area contributed by atoms with Crippen LogP contribution in [0.4, 0.5) is 5.69 Å². The van der Waals surface area contributed by atoms with Crippen LogP contribution in [0.5, 0.6) is 0 Å². The van der Waals surface area contributed by atoms with Crippen molar-refractivity contribution in [3.63, 3.8) is 0 Å². The number of rotatable bonds is 3. The number of carbonyl (C=O) groups is 1. The second-order valence-electron chi connectivity index (χ2n) is 5.76. The molecule has 0 aromatic heterocycles. The lowest BCUT2D eigenvalue weighted by atomic mass is 10.0. The van der Waals surface area contributed by atoms with Gasteiger partial charge in [0, 0.05) is 10.7 Å². The predicted molar refractivity (Wildman–Crippen MR) is 99.5 cm³/mol. The standard InChI is InChI=1S/C18H19Cl2N3O/c1-3-11-5-10-14-17(22-16(11)20)23(15(4-2)18(24)21-14)13-8-6-12(19)7-9-13/h6-10,15H,3-5H2,1-2H3,(H,21,24). The summed E-state index contributed by atoms with van der Waals surface area (Å²) in [6.07, 6.45) is 4.15. The lowest BCUT2D eigenvalue weighted by Gasteiger charge is -2.38. The summed E-state index contributed by atoms with van der Waals surface area (Å²) >= 11 is 12.4. The van der Waals surface area contributed by atoms with Crippen molar-refractivity contribution in [1.29, 1.82) is 0 Å². The highest BCUT2D eigenvalue weighted by Crippen LogP contribution is 2.31. The highest BCUT2D eigenvalue weighted by atomic mass is 35.5. The van der Waals surface area contributed by atoms with E-state index in [1.807, 2.05) is 42.2 Å². The lowest BCUT2D eigenvalue weighted by Crippen LogP contribution is -2.57. The van der Waals surface area contributed by atoms with E-state index >= 15 is 0 Å². The van der Waals surface area contributed by atoms with Crippen molar-refractivity contribution in [2.75, 3.05) is 4.90 Å². The summed E-state index contributed by atoms with van der Waals surface area (Å²) in [7, 11) is 0. The highest BCUT2D eigenvalue weighted by Gasteiger charge is 2.36. The number of aliphatic imine (C=N–C) groups is 1. The molecule has 0 spiro atoms. The zero-order valence-corrected chi connectivity index (χ0v) is 15.2. The minimum absolute atomic E-state index is 0.0336. The molecule has 3 rings (SSSR count). The molecule has 2 heterocycles. The molecule has 0 saturated carbocycles. The van der Waals surface area contributed by atoms with Crippen LogP contribution in [0.3, 0.4) is 0 Å². The highest BCUT2D eigenvalue weighted by molar-refractivity contribution is 6.32. The van der Waals surface area contributed by atoms with Gasteiger partial charge in [-0.15, -0.1) is 0 Å². The van der Waals surface area contributed by atoms with Gasteiger partial charge in [-0.2, -0.15) is 0 Å². The molecule has 2 aliphatic heterocycles. The molecule has 4 nitrogen and oxygen atoms in total. The first-order chi connectivity index (χ1) is 11.5. The van der Waals surface area contributed by atoms with E-state index in [1.54, 1.807) is 0 Å². The first-order valence-electron chi connectivity index (χ1n) is 8.07. The molecule has 2 aliphatic rings. The molecule has 1 unspecified atom stereocenters. The number of carbonyl (C=O) groups excluding carboxylic acids is 1. The van der Waals surface area contributed by atoms with Crippen molar-refractivity contribution in [1.82, 2.24) is 5.32 Å². The number of nitrogens with one attached hydrogen (secondary N) is 1. The molecule has 1 amide bonds. The topological polar surface area (TPSA) is 44.7 Å². The van der Waals surface area contributed by atoms with E-state index in [-0.39, 0.29) is 11.9 Å². The zero-order valence-electron chi connectivity index (χ0n) is 13.6. The number of hydrogen-bond acceptors (Lipinski definition) is 3. The molecule has 24 heavy (non-hydrogen) atoms. The maximum atomic E-state index is 12.6. The monoisotopic (exact) mass is 363 g/mol. The molecule has 1 atom stereocenters. The van der Waals surface area contributed by atoms with Gasteiger partial charge in [0.25, 0.3) is 0 Å². The average molecular weight is 364 g/mol. The molecule has 126 valence electrons. The van der Waals surface area contributed by atoms with Gasteiger partial charge in [0.05, 0.1) is 5.70 Å². The molecular weight excluding hydrogens is 345 g/mol. The Morgan fingerprint density at radius 2 is 1.96 bits per heavy atom. The van der Waals surface area contributed by atoms with E-state index in [0.29, 0.717) is 34.6 Å². The van der Waals surface area contributed by atoms with Crippen molar-refractivity contribution >= 4 is 40.6 Å². The minimum Gasteiger partial charge on any atom is -0.321 e. The van der Waals surface area contributed by atoms with E-state index in [0.717, 1.165) is 17.7 Å². The smallest absolute Gasteiger partial charge is 0.247 e. The lowest BCUT2D eigenvalue weighted by molar-refractivity contribution is -0.121. The Morgan fingerprint density at radius 3 is 2.58 bits per heavy atom. The predicted octanol–water partition coefficient (Wildman–Crippen LogP) is 4.60. The quantitative estimate of drug-likeness (QED) is 0.797. The third-order valence-electron chi connectivity index (χ3n) is 4.31. The molecule has 0 aliphatic carbocycles. The summed E-state index contributed by atoms with van der Waals surface area (Å²) in [6.45, 7) is 4.03. The molecule has 1 saturated heterocycles. The maximum absolute atomic E-state index is 12.6. The van der Waals surface area contributed by atoms with Crippen molar-refractivity contribution in [2.45, 2.75) is 39.2 Å². The number of amidine groups is 1. The third kappa shape index (κ3) is 3.08. The normalized spacial score (nSPS) is 20.9. The van der Waals surface area contributed by atoms with Gasteiger partial charge in [-0.3, -0.25) is 4.79 Å². The van der Waals surface area contributed by atoms with Gasteiger partial charge < -0.3 is 10.2 Å². The van der Waals surface area contributed by atoms with Crippen LogP contribution in [-0.2, 0) is 4.79 Å². The number of piperazine rings is 1. The second kappa shape index (κ2) is 6.99. The van der Waals surface area contributed by atoms with E-state index in [2.05, 4.69) is 17.2 Å². The Labute approximate surface area is 151 Å². The van der Waals surface area contributed by atoms with E-state index in [1.165, 1.54) is 0 Å². The van der Waals surface area contributed by atoms with Gasteiger partial charge in [0.2, 0.25) is 5.91 Å². The van der Waals surface area contributed by atoms with Crippen LogP contribution < -0.4 is 10.2 Å². The van der Waals surface area contributed by atoms with Crippen molar-refractivity contribution < 1.29 is 4.79 Å². The fourth-order valence-electron chi connectivity index (χ4n) is 2.97. The number of fused-ring (bicyclic) bond motifs is 1. The Morgan fingerprint density at radius 1 is 1.25 bits per heavy atom. The summed E-state index contributed by atoms with van der Waals surface area (Å²) in [5.74, 6) is 0.644. The Balaban J connectivity index is 2.14. The van der Waals surface area contributed by atoms with Crippen LogP contribution in [0.2, 0.25) is 5.02 Å². The van der Waals surface area contributed by atoms with Crippen molar-refractivity contribution in [3.05, 3.63) is 51.8 Å². The largest absolute Gasteiger partial charge is 0.321 e. The number of allylic oxidation sites excluding steroid dienone is 2. The molecule has 1 aromatic carbocycles.